The van der Waals surface area contributed by atoms with Gasteiger partial charge in [-0.25, -0.2) is 9.97 Å². The Morgan fingerprint density at radius 2 is 0.980 bits per heavy atom. The summed E-state index contributed by atoms with van der Waals surface area (Å²) in [6.07, 6.45) is 0. The summed E-state index contributed by atoms with van der Waals surface area (Å²) in [6.45, 7) is 0. The van der Waals surface area contributed by atoms with E-state index in [-0.39, 0.29) is 0 Å². The summed E-state index contributed by atoms with van der Waals surface area (Å²) in [6, 6.07) is 63.4. The first-order valence-corrected chi connectivity index (χ1v) is 17.2. The fourth-order valence-electron chi connectivity index (χ4n) is 8.89. The highest BCUT2D eigenvalue weighted by Gasteiger charge is 2.52. The summed E-state index contributed by atoms with van der Waals surface area (Å²) in [7, 11) is 0. The largest absolute Gasteiger partial charge is 0.309 e. The summed E-state index contributed by atoms with van der Waals surface area (Å²) in [5.74, 6) is 0.727. The van der Waals surface area contributed by atoms with Gasteiger partial charge in [0.05, 0.1) is 33.5 Å². The van der Waals surface area contributed by atoms with Gasteiger partial charge in [-0.15, -0.1) is 0 Å². The second kappa shape index (κ2) is 10.2. The second-order valence-corrected chi connectivity index (χ2v) is 13.3. The number of rotatable bonds is 3. The van der Waals surface area contributed by atoms with Crippen molar-refractivity contribution in [3.63, 3.8) is 0 Å². The molecule has 50 heavy (non-hydrogen) atoms. The third kappa shape index (κ3) is 3.53. The third-order valence-electron chi connectivity index (χ3n) is 10.8. The molecule has 232 valence electrons. The molecule has 0 radical (unpaired) electrons. The van der Waals surface area contributed by atoms with Crippen molar-refractivity contribution in [3.8, 4) is 50.7 Å². The van der Waals surface area contributed by atoms with Crippen LogP contribution in [0, 0.1) is 0 Å². The van der Waals surface area contributed by atoms with Crippen LogP contribution in [0.2, 0.25) is 0 Å². The van der Waals surface area contributed by atoms with Crippen molar-refractivity contribution in [2.24, 2.45) is 0 Å². The van der Waals surface area contributed by atoms with Crippen LogP contribution in [0.4, 0.5) is 0 Å². The molecule has 1 atom stereocenters. The van der Waals surface area contributed by atoms with E-state index in [1.54, 1.807) is 0 Å². The Morgan fingerprint density at radius 1 is 0.420 bits per heavy atom. The molecule has 3 heterocycles. The van der Waals surface area contributed by atoms with Gasteiger partial charge >= 0.3 is 0 Å². The molecule has 3 nitrogen and oxygen atoms in total. The maximum atomic E-state index is 5.39. The SMILES string of the molecule is c1ccc(-c2cc(-c3ccccc3)nc(-c3cccc4c3C3(c5ccccc5-4)c4ccccc4-n4c5ccccc5c5cccc3c54)n2)cc1. The monoisotopic (exact) mass is 635 g/mol. The van der Waals surface area contributed by atoms with Gasteiger partial charge in [0.1, 0.15) is 0 Å². The second-order valence-electron chi connectivity index (χ2n) is 13.3. The molecule has 2 aliphatic rings. The number of hydrogen-bond donors (Lipinski definition) is 0. The lowest BCUT2D eigenvalue weighted by Crippen LogP contribution is -2.34. The summed E-state index contributed by atoms with van der Waals surface area (Å²) in [4.78, 5) is 10.8. The predicted molar refractivity (Wildman–Crippen MR) is 204 cm³/mol. The summed E-state index contributed by atoms with van der Waals surface area (Å²) in [5, 5.41) is 2.53. The topological polar surface area (TPSA) is 30.7 Å². The van der Waals surface area contributed by atoms with Crippen LogP contribution in [0.5, 0.6) is 0 Å². The maximum absolute atomic E-state index is 5.39. The Bertz CT molecular complexity index is 2760. The van der Waals surface area contributed by atoms with Crippen LogP contribution in [0.3, 0.4) is 0 Å². The molecule has 7 aromatic carbocycles. The van der Waals surface area contributed by atoms with Crippen molar-refractivity contribution in [2.75, 3.05) is 0 Å². The summed E-state index contributed by atoms with van der Waals surface area (Å²) < 4.78 is 2.49. The van der Waals surface area contributed by atoms with Gasteiger partial charge in [-0.05, 0) is 51.6 Å². The number of nitrogens with zero attached hydrogens (tertiary/aromatic N) is 3. The van der Waals surface area contributed by atoms with Gasteiger partial charge < -0.3 is 4.57 Å². The highest BCUT2D eigenvalue weighted by atomic mass is 15.0. The molecule has 1 aliphatic carbocycles. The molecule has 3 heteroatoms. The normalized spacial score (nSPS) is 15.3. The van der Waals surface area contributed by atoms with E-state index in [0.717, 1.165) is 33.9 Å². The molecular formula is C47H29N3. The Labute approximate surface area is 289 Å². The zero-order chi connectivity index (χ0) is 32.8. The van der Waals surface area contributed by atoms with Gasteiger partial charge in [0, 0.05) is 27.5 Å². The van der Waals surface area contributed by atoms with Crippen LogP contribution in [-0.2, 0) is 5.41 Å². The number of fused-ring (bicyclic) bond motifs is 12. The van der Waals surface area contributed by atoms with E-state index in [1.807, 2.05) is 0 Å². The van der Waals surface area contributed by atoms with E-state index >= 15 is 0 Å². The molecule has 0 bridgehead atoms. The molecule has 11 rings (SSSR count). The van der Waals surface area contributed by atoms with Gasteiger partial charge in [0.2, 0.25) is 0 Å². The standard InChI is InChI=1S/C47H29N3/c1-3-15-30(16-4-1)40-29-41(31-17-5-2-6-18-31)49-46(48-40)36-23-13-21-34-32-19-7-9-24-37(32)47(44(34)36)38-25-10-12-28-43(38)50-42-27-11-8-20-33(42)35-22-14-26-39(47)45(35)50/h1-29H. The highest BCUT2D eigenvalue weighted by molar-refractivity contribution is 6.13. The Morgan fingerprint density at radius 3 is 1.76 bits per heavy atom. The van der Waals surface area contributed by atoms with E-state index in [2.05, 4.69) is 180 Å². The van der Waals surface area contributed by atoms with Gasteiger partial charge in [0.15, 0.2) is 5.82 Å². The first kappa shape index (κ1) is 27.4. The minimum absolute atomic E-state index is 0.595. The lowest BCUT2D eigenvalue weighted by Gasteiger charge is -2.40. The lowest BCUT2D eigenvalue weighted by molar-refractivity contribution is 0.749. The minimum Gasteiger partial charge on any atom is -0.309 e. The molecule has 2 aromatic heterocycles. The van der Waals surface area contributed by atoms with E-state index in [4.69, 9.17) is 9.97 Å². The van der Waals surface area contributed by atoms with Crippen molar-refractivity contribution in [2.45, 2.75) is 5.41 Å². The van der Waals surface area contributed by atoms with Crippen LogP contribution in [0.15, 0.2) is 176 Å². The molecule has 0 amide bonds. The van der Waals surface area contributed by atoms with Gasteiger partial charge in [-0.2, -0.15) is 0 Å². The predicted octanol–water partition coefficient (Wildman–Crippen LogP) is 11.3. The highest BCUT2D eigenvalue weighted by Crippen LogP contribution is 2.62. The van der Waals surface area contributed by atoms with Crippen molar-refractivity contribution in [1.29, 1.82) is 0 Å². The molecule has 0 fully saturated rings. The molecule has 1 spiro atoms. The molecule has 0 N–H and O–H groups in total. The lowest BCUT2D eigenvalue weighted by atomic mass is 9.64. The molecular weight excluding hydrogens is 607 g/mol. The summed E-state index contributed by atoms with van der Waals surface area (Å²) >= 11 is 0. The van der Waals surface area contributed by atoms with Crippen LogP contribution in [0.25, 0.3) is 72.5 Å². The first-order valence-electron chi connectivity index (χ1n) is 17.2. The van der Waals surface area contributed by atoms with Gasteiger partial charge in [-0.3, -0.25) is 0 Å². The number of hydrogen-bond acceptors (Lipinski definition) is 2. The fourth-order valence-corrected chi connectivity index (χ4v) is 8.89. The van der Waals surface area contributed by atoms with Crippen molar-refractivity contribution in [3.05, 3.63) is 198 Å². The van der Waals surface area contributed by atoms with E-state index in [1.165, 1.54) is 60.9 Å². The fraction of sp³-hybridized carbons (Fsp3) is 0.0213. The Kier molecular flexibility index (Phi) is 5.59. The van der Waals surface area contributed by atoms with E-state index in [9.17, 15) is 0 Å². The van der Waals surface area contributed by atoms with Crippen molar-refractivity contribution < 1.29 is 0 Å². The number of aromatic nitrogens is 3. The van der Waals surface area contributed by atoms with Crippen molar-refractivity contribution in [1.82, 2.24) is 14.5 Å². The number of benzene rings is 7. The van der Waals surface area contributed by atoms with Crippen LogP contribution >= 0.6 is 0 Å². The maximum Gasteiger partial charge on any atom is 0.160 e. The van der Waals surface area contributed by atoms with Crippen molar-refractivity contribution >= 4 is 21.8 Å². The molecule has 1 aliphatic heterocycles. The van der Waals surface area contributed by atoms with E-state index in [0.29, 0.717) is 0 Å². The zero-order valence-corrected chi connectivity index (χ0v) is 27.1. The molecule has 1 unspecified atom stereocenters. The van der Waals surface area contributed by atoms with Gasteiger partial charge in [-0.1, -0.05) is 158 Å². The van der Waals surface area contributed by atoms with E-state index < -0.39 is 5.41 Å². The zero-order valence-electron chi connectivity index (χ0n) is 27.1. The average molecular weight is 636 g/mol. The number of para-hydroxylation sites is 3. The molecule has 0 saturated heterocycles. The smallest absolute Gasteiger partial charge is 0.160 e. The third-order valence-corrected chi connectivity index (χ3v) is 10.8. The van der Waals surface area contributed by atoms with Crippen LogP contribution in [-0.4, -0.2) is 14.5 Å². The Balaban J connectivity index is 1.30. The average Bonchev–Trinajstić information content (AvgIpc) is 3.69. The quantitative estimate of drug-likeness (QED) is 0.193. The Hall–Kier alpha value is -6.58. The van der Waals surface area contributed by atoms with Gasteiger partial charge in [0.25, 0.3) is 0 Å². The first-order chi connectivity index (χ1) is 24.8. The molecule has 9 aromatic rings. The minimum atomic E-state index is -0.595. The molecule has 0 saturated carbocycles. The summed E-state index contributed by atoms with van der Waals surface area (Å²) in [5.41, 5.74) is 15.6. The van der Waals surface area contributed by atoms with Crippen LogP contribution in [0.1, 0.15) is 22.3 Å². The van der Waals surface area contributed by atoms with Crippen LogP contribution < -0.4 is 0 Å².